The first-order valence-electron chi connectivity index (χ1n) is 12.6. The van der Waals surface area contributed by atoms with Gasteiger partial charge in [0.25, 0.3) is 0 Å². The van der Waals surface area contributed by atoms with Crippen LogP contribution in [0.5, 0.6) is 0 Å². The molecule has 2 aliphatic heterocycles. The van der Waals surface area contributed by atoms with E-state index in [0.29, 0.717) is 9.71 Å². The summed E-state index contributed by atoms with van der Waals surface area (Å²) in [5.74, 6) is 0.319. The van der Waals surface area contributed by atoms with Gasteiger partial charge in [-0.3, -0.25) is 0 Å². The van der Waals surface area contributed by atoms with E-state index in [1.54, 1.807) is 11.3 Å². The van der Waals surface area contributed by atoms with Crippen LogP contribution in [0.4, 0.5) is 0 Å². The Bertz CT molecular complexity index is 1690. The minimum absolute atomic E-state index is 0.319. The molecule has 4 aromatic rings. The summed E-state index contributed by atoms with van der Waals surface area (Å²) < 4.78 is 11.2. The van der Waals surface area contributed by atoms with Gasteiger partial charge in [-0.25, -0.2) is 0 Å². The number of carbonyl (C=O) groups excluding carboxylic acids is 1. The SMILES string of the molecule is C=C(C1CCI(=C)(C(=O)c2ccc3sccc3c2)CC1)N1C=CI=C(N)/C1=C(/C)c1cc2ccccc2[nH]1. The summed E-state index contributed by atoms with van der Waals surface area (Å²) in [5, 5.41) is 4.44. The summed E-state index contributed by atoms with van der Waals surface area (Å²) in [6.45, 7) is 6.72. The molecule has 2 aromatic heterocycles. The number of fused-ring (bicyclic) bond motifs is 2. The Morgan fingerprint density at radius 2 is 1.92 bits per heavy atom. The van der Waals surface area contributed by atoms with Crippen molar-refractivity contribution in [2.45, 2.75) is 19.8 Å². The Balaban J connectivity index is 1.22. The number of hydrogen-bond donors (Lipinski definition) is 2. The van der Waals surface area contributed by atoms with Crippen LogP contribution in [0, 0.1) is 5.92 Å². The first kappa shape index (κ1) is 26.0. The zero-order chi connectivity index (χ0) is 26.4. The summed E-state index contributed by atoms with van der Waals surface area (Å²) in [6.07, 6.45) is 4.09. The molecule has 0 amide bonds. The van der Waals surface area contributed by atoms with E-state index in [4.69, 9.17) is 5.73 Å². The normalized spacial score (nSPS) is 24.9. The van der Waals surface area contributed by atoms with Gasteiger partial charge >= 0.3 is 243 Å². The van der Waals surface area contributed by atoms with Gasteiger partial charge in [0.05, 0.1) is 0 Å². The molecule has 0 unspecified atom stereocenters. The van der Waals surface area contributed by atoms with Gasteiger partial charge in [0.15, 0.2) is 0 Å². The van der Waals surface area contributed by atoms with Crippen LogP contribution >= 0.6 is 50.0 Å². The van der Waals surface area contributed by atoms with Gasteiger partial charge in [-0.2, -0.15) is 0 Å². The molecule has 0 atom stereocenters. The van der Waals surface area contributed by atoms with E-state index < -0.39 is 18.0 Å². The number of nitrogens with two attached hydrogens (primary N) is 1. The Morgan fingerprint density at radius 3 is 2.71 bits per heavy atom. The van der Waals surface area contributed by atoms with Crippen LogP contribution in [-0.4, -0.2) is 30.7 Å². The summed E-state index contributed by atoms with van der Waals surface area (Å²) in [6, 6.07) is 18.8. The molecular formula is C31H31I2N3OS. The van der Waals surface area contributed by atoms with Crippen molar-refractivity contribution in [2.24, 2.45) is 11.7 Å². The van der Waals surface area contributed by atoms with Gasteiger partial charge in [-0.1, -0.05) is 0 Å². The Labute approximate surface area is 241 Å². The number of allylic oxidation sites excluding steroid dienone is 2. The molecule has 0 aliphatic carbocycles. The van der Waals surface area contributed by atoms with Crippen molar-refractivity contribution in [1.29, 1.82) is 0 Å². The van der Waals surface area contributed by atoms with Crippen LogP contribution in [0.15, 0.2) is 88.2 Å². The predicted octanol–water partition coefficient (Wildman–Crippen LogP) is 8.20. The number of benzene rings is 2. The standard InChI is InChI=1S/C31H31I2N3OS/c1-20(27-19-23-6-4-5-7-26(23)35-27)29-30(34)32-13-16-36(29)21(2)22-10-14-33(3,15-11-22)31(37)25-8-9-28-24(18-25)12-17-38-28/h4-9,12-13,16-19,22,35H,2-3,10-11,14-15,34H2,1H3/b29-20+. The van der Waals surface area contributed by atoms with Gasteiger partial charge in [0.2, 0.25) is 0 Å². The zero-order valence-corrected chi connectivity index (χ0v) is 26.5. The Morgan fingerprint density at radius 1 is 1.13 bits per heavy atom. The number of aromatic nitrogens is 1. The molecule has 4 heterocycles. The van der Waals surface area contributed by atoms with Gasteiger partial charge in [-0.15, -0.1) is 0 Å². The number of para-hydroxylation sites is 1. The molecule has 2 aromatic carbocycles. The Kier molecular flexibility index (Phi) is 7.13. The van der Waals surface area contributed by atoms with Crippen molar-refractivity contribution in [1.82, 2.24) is 9.88 Å². The summed E-state index contributed by atoms with van der Waals surface area (Å²) in [7, 11) is 0. The fraction of sp³-hybridized carbons (Fsp3) is 0.194. The topological polar surface area (TPSA) is 62.1 Å². The predicted molar refractivity (Wildman–Crippen MR) is 184 cm³/mol. The minimum atomic E-state index is -2.82. The number of rotatable bonds is 5. The molecule has 0 bridgehead atoms. The van der Waals surface area contributed by atoms with Crippen LogP contribution in [-0.2, 0) is 0 Å². The van der Waals surface area contributed by atoms with E-state index in [0.717, 1.165) is 64.5 Å². The number of nitrogens with zero attached hydrogens (tertiary/aromatic N) is 1. The number of halogens is 2. The molecule has 0 spiro atoms. The summed E-state index contributed by atoms with van der Waals surface area (Å²) in [4.78, 5) is 19.4. The van der Waals surface area contributed by atoms with Crippen molar-refractivity contribution in [3.63, 3.8) is 0 Å². The van der Waals surface area contributed by atoms with Crippen LogP contribution in [0.1, 0.15) is 35.8 Å². The molecular weight excluding hydrogens is 716 g/mol. The van der Waals surface area contributed by atoms with E-state index in [1.165, 1.54) is 10.1 Å². The number of aromatic amines is 1. The maximum absolute atomic E-state index is 13.6. The number of nitrogens with one attached hydrogen (secondary N) is 1. The quantitative estimate of drug-likeness (QED) is 0.123. The zero-order valence-electron chi connectivity index (χ0n) is 21.3. The molecule has 1 fully saturated rings. The average Bonchev–Trinajstić information content (AvgIpc) is 3.59. The number of hydrogen-bond acceptors (Lipinski definition) is 4. The molecule has 38 heavy (non-hydrogen) atoms. The van der Waals surface area contributed by atoms with E-state index in [-0.39, 0.29) is 20.7 Å². The molecule has 196 valence electrons. The second-order valence-electron chi connectivity index (χ2n) is 9.90. The van der Waals surface area contributed by atoms with Crippen LogP contribution < -0.4 is 5.73 Å². The first-order valence-corrected chi connectivity index (χ1v) is 21.5. The van der Waals surface area contributed by atoms with Gasteiger partial charge in [0, 0.05) is 0 Å². The molecule has 4 nitrogen and oxygen atoms in total. The second kappa shape index (κ2) is 10.4. The van der Waals surface area contributed by atoms with E-state index in [1.807, 2.05) is 6.07 Å². The summed E-state index contributed by atoms with van der Waals surface area (Å²) in [5.41, 5.74) is 13.0. The van der Waals surface area contributed by atoms with Gasteiger partial charge in [0.1, 0.15) is 0 Å². The van der Waals surface area contributed by atoms with Gasteiger partial charge in [-0.05, 0) is 0 Å². The summed E-state index contributed by atoms with van der Waals surface area (Å²) >= 11 is -1.46. The van der Waals surface area contributed by atoms with Crippen LogP contribution in [0.2, 0.25) is 0 Å². The van der Waals surface area contributed by atoms with Gasteiger partial charge < -0.3 is 0 Å². The maximum atomic E-state index is 13.6. The number of H-pyrrole nitrogens is 1. The van der Waals surface area contributed by atoms with Crippen LogP contribution in [0.3, 0.4) is 0 Å². The molecule has 1 saturated heterocycles. The third kappa shape index (κ3) is 4.71. The number of carbonyl (C=O) groups is 1. The fourth-order valence-electron chi connectivity index (χ4n) is 5.34. The molecule has 6 rings (SSSR count). The van der Waals surface area contributed by atoms with E-state index >= 15 is 0 Å². The van der Waals surface area contributed by atoms with Crippen molar-refractivity contribution >= 4 is 88.5 Å². The first-order chi connectivity index (χ1) is 18.3. The molecule has 3 N–H and O–H groups in total. The van der Waals surface area contributed by atoms with E-state index in [2.05, 4.69) is 92.1 Å². The number of thiophene rings is 1. The molecule has 0 saturated carbocycles. The van der Waals surface area contributed by atoms with Crippen molar-refractivity contribution in [2.75, 3.05) is 8.86 Å². The van der Waals surface area contributed by atoms with Crippen LogP contribution in [0.25, 0.3) is 26.6 Å². The third-order valence-electron chi connectivity index (χ3n) is 7.61. The Hall–Kier alpha value is -2.21. The average molecular weight is 747 g/mol. The van der Waals surface area contributed by atoms with E-state index in [9.17, 15) is 4.79 Å². The second-order valence-corrected chi connectivity index (χ2v) is 22.0. The monoisotopic (exact) mass is 747 g/mol. The third-order valence-corrected chi connectivity index (χ3v) is 18.4. The van der Waals surface area contributed by atoms with Crippen molar-refractivity contribution < 1.29 is 4.79 Å². The number of alkyl halides is 2. The van der Waals surface area contributed by atoms with Crippen molar-refractivity contribution in [3.05, 3.63) is 99.5 Å². The van der Waals surface area contributed by atoms with Crippen molar-refractivity contribution in [3.8, 4) is 0 Å². The fourth-order valence-corrected chi connectivity index (χ4v) is 15.0. The molecule has 0 radical (unpaired) electrons. The molecule has 2 aliphatic rings. The molecule has 7 heteroatoms.